The summed E-state index contributed by atoms with van der Waals surface area (Å²) in [4.78, 5) is -0.0931. The minimum absolute atomic E-state index is 0.0931. The smallest absolute Gasteiger partial charge is 0.253 e. The largest absolute Gasteiger partial charge is 0.445 e. The number of aromatic nitrogens is 2. The number of halogens is 4. The Kier molecular flexibility index (Phi) is 4.02. The first kappa shape index (κ1) is 15.2. The summed E-state index contributed by atoms with van der Waals surface area (Å²) in [5.74, 6) is 0. The van der Waals surface area contributed by atoms with E-state index >= 15 is 0 Å². The Balaban J connectivity index is 2.25. The van der Waals surface area contributed by atoms with Crippen LogP contribution < -0.4 is 4.72 Å². The summed E-state index contributed by atoms with van der Waals surface area (Å²) in [6.07, 6.45) is -4.65. The van der Waals surface area contributed by atoms with Gasteiger partial charge < -0.3 is 0 Å². The molecule has 0 saturated carbocycles. The van der Waals surface area contributed by atoms with E-state index < -0.39 is 26.3 Å². The fourth-order valence-corrected chi connectivity index (χ4v) is 3.27. The van der Waals surface area contributed by atoms with Crippen LogP contribution in [-0.2, 0) is 16.2 Å². The molecule has 0 amide bonds. The zero-order valence-corrected chi connectivity index (χ0v) is 12.6. The lowest BCUT2D eigenvalue weighted by Crippen LogP contribution is -2.12. The highest BCUT2D eigenvalue weighted by Crippen LogP contribution is 2.33. The molecule has 0 spiro atoms. The Morgan fingerprint density at radius 2 is 1.75 bits per heavy atom. The van der Waals surface area contributed by atoms with E-state index in [0.717, 1.165) is 0 Å². The molecule has 0 aliphatic carbocycles. The lowest BCUT2D eigenvalue weighted by atomic mass is 10.4. The molecular formula is C9H5BrF3N3O2S2. The number of benzene rings is 1. The number of rotatable bonds is 3. The normalized spacial score (nSPS) is 12.4. The molecule has 0 aliphatic rings. The molecule has 0 atom stereocenters. The highest BCUT2D eigenvalue weighted by Gasteiger charge is 2.36. The molecule has 0 unspecified atom stereocenters. The van der Waals surface area contributed by atoms with E-state index in [1.807, 2.05) is 4.72 Å². The van der Waals surface area contributed by atoms with Crippen molar-refractivity contribution in [2.75, 3.05) is 4.72 Å². The lowest BCUT2D eigenvalue weighted by Gasteiger charge is -2.04. The molecular weight excluding hydrogens is 383 g/mol. The van der Waals surface area contributed by atoms with Crippen LogP contribution in [0, 0.1) is 0 Å². The SMILES string of the molecule is O=S(=O)(Nc1nnc(C(F)(F)F)s1)c1ccc(Br)cc1. The molecule has 108 valence electrons. The van der Waals surface area contributed by atoms with E-state index in [1.54, 1.807) is 0 Å². The van der Waals surface area contributed by atoms with Gasteiger partial charge in [-0.3, -0.25) is 4.72 Å². The fraction of sp³-hybridized carbons (Fsp3) is 0.111. The Hall–Kier alpha value is -1.20. The molecule has 0 bridgehead atoms. The number of hydrogen-bond acceptors (Lipinski definition) is 5. The molecule has 0 aliphatic heterocycles. The average molecular weight is 388 g/mol. The van der Waals surface area contributed by atoms with Crippen LogP contribution in [0.15, 0.2) is 33.6 Å². The summed E-state index contributed by atoms with van der Waals surface area (Å²) in [5, 5.41) is 4.39. The van der Waals surface area contributed by atoms with Crippen molar-refractivity contribution in [3.8, 4) is 0 Å². The summed E-state index contributed by atoms with van der Waals surface area (Å²) in [6, 6.07) is 5.60. The molecule has 11 heteroatoms. The van der Waals surface area contributed by atoms with Gasteiger partial charge in [0.05, 0.1) is 4.90 Å². The first-order valence-corrected chi connectivity index (χ1v) is 7.97. The molecule has 0 fully saturated rings. The molecule has 0 radical (unpaired) electrons. The van der Waals surface area contributed by atoms with Crippen molar-refractivity contribution in [3.63, 3.8) is 0 Å². The summed E-state index contributed by atoms with van der Waals surface area (Å²) in [6.45, 7) is 0. The van der Waals surface area contributed by atoms with Crippen LogP contribution in [0.3, 0.4) is 0 Å². The maximum Gasteiger partial charge on any atom is 0.445 e. The van der Waals surface area contributed by atoms with Gasteiger partial charge in [-0.25, -0.2) is 8.42 Å². The van der Waals surface area contributed by atoms with Gasteiger partial charge in [0, 0.05) is 4.47 Å². The van der Waals surface area contributed by atoms with Crippen molar-refractivity contribution >= 4 is 42.4 Å². The van der Waals surface area contributed by atoms with Crippen molar-refractivity contribution in [2.24, 2.45) is 0 Å². The minimum Gasteiger partial charge on any atom is -0.253 e. The van der Waals surface area contributed by atoms with Crippen LogP contribution in [0.25, 0.3) is 0 Å². The van der Waals surface area contributed by atoms with Gasteiger partial charge in [-0.2, -0.15) is 13.2 Å². The topological polar surface area (TPSA) is 72.0 Å². The van der Waals surface area contributed by atoms with E-state index in [2.05, 4.69) is 26.1 Å². The molecule has 2 aromatic rings. The molecule has 5 nitrogen and oxygen atoms in total. The zero-order valence-electron chi connectivity index (χ0n) is 9.35. The summed E-state index contributed by atoms with van der Waals surface area (Å²) in [7, 11) is -3.99. The number of nitrogens with one attached hydrogen (secondary N) is 1. The van der Waals surface area contributed by atoms with Crippen molar-refractivity contribution in [1.29, 1.82) is 0 Å². The molecule has 1 aromatic carbocycles. The van der Waals surface area contributed by atoms with Crippen LogP contribution in [0.2, 0.25) is 0 Å². The van der Waals surface area contributed by atoms with Crippen LogP contribution in [0.4, 0.5) is 18.3 Å². The standard InChI is InChI=1S/C9H5BrF3N3O2S2/c10-5-1-3-6(4-2-5)20(17,18)16-8-15-14-7(19-8)9(11,12)13/h1-4H,(H,15,16). The first-order valence-electron chi connectivity index (χ1n) is 4.87. The molecule has 1 heterocycles. The van der Waals surface area contributed by atoms with E-state index in [9.17, 15) is 21.6 Å². The predicted molar refractivity (Wildman–Crippen MR) is 69.9 cm³/mol. The van der Waals surface area contributed by atoms with Crippen molar-refractivity contribution in [2.45, 2.75) is 11.1 Å². The second-order valence-corrected chi connectivity index (χ2v) is 7.05. The van der Waals surface area contributed by atoms with E-state index in [4.69, 9.17) is 0 Å². The highest BCUT2D eigenvalue weighted by atomic mass is 79.9. The molecule has 1 aromatic heterocycles. The number of anilines is 1. The average Bonchev–Trinajstić information content (AvgIpc) is 2.77. The van der Waals surface area contributed by atoms with Gasteiger partial charge in [0.2, 0.25) is 10.1 Å². The van der Waals surface area contributed by atoms with E-state index in [0.29, 0.717) is 4.47 Å². The predicted octanol–water partition coefficient (Wildman–Crippen LogP) is 3.12. The maximum absolute atomic E-state index is 12.3. The Labute approximate surface area is 124 Å². The number of nitrogens with zero attached hydrogens (tertiary/aromatic N) is 2. The monoisotopic (exact) mass is 387 g/mol. The third-order valence-corrected chi connectivity index (χ3v) is 4.91. The summed E-state index contributed by atoms with van der Waals surface area (Å²) < 4.78 is 63.4. The van der Waals surface area contributed by atoms with Gasteiger partial charge in [0.25, 0.3) is 10.0 Å². The van der Waals surface area contributed by atoms with E-state index in [-0.39, 0.29) is 16.2 Å². The second kappa shape index (κ2) is 5.30. The van der Waals surface area contributed by atoms with Gasteiger partial charge in [0.1, 0.15) is 0 Å². The van der Waals surface area contributed by atoms with Gasteiger partial charge in [-0.05, 0) is 24.3 Å². The van der Waals surface area contributed by atoms with Gasteiger partial charge in [0.15, 0.2) is 0 Å². The molecule has 20 heavy (non-hydrogen) atoms. The zero-order chi connectivity index (χ0) is 15.0. The third kappa shape index (κ3) is 3.46. The third-order valence-electron chi connectivity index (χ3n) is 2.01. The van der Waals surface area contributed by atoms with Crippen LogP contribution in [-0.4, -0.2) is 18.6 Å². The number of sulfonamides is 1. The Bertz CT molecular complexity index is 713. The second-order valence-electron chi connectivity index (χ2n) is 3.47. The van der Waals surface area contributed by atoms with Crippen LogP contribution in [0.1, 0.15) is 5.01 Å². The maximum atomic E-state index is 12.3. The van der Waals surface area contributed by atoms with Crippen molar-refractivity contribution < 1.29 is 21.6 Å². The van der Waals surface area contributed by atoms with Crippen molar-refractivity contribution in [3.05, 3.63) is 33.7 Å². The van der Waals surface area contributed by atoms with Gasteiger partial charge >= 0.3 is 6.18 Å². The van der Waals surface area contributed by atoms with Crippen molar-refractivity contribution in [1.82, 2.24) is 10.2 Å². The fourth-order valence-electron chi connectivity index (χ4n) is 1.17. The Morgan fingerprint density at radius 1 is 1.15 bits per heavy atom. The molecule has 1 N–H and O–H groups in total. The van der Waals surface area contributed by atoms with Crippen LogP contribution in [0.5, 0.6) is 0 Å². The quantitative estimate of drug-likeness (QED) is 0.877. The number of hydrogen-bond donors (Lipinski definition) is 1. The summed E-state index contributed by atoms with van der Waals surface area (Å²) >= 11 is 3.26. The number of alkyl halides is 3. The minimum atomic E-state index is -4.65. The first-order chi connectivity index (χ1) is 9.18. The van der Waals surface area contributed by atoms with Gasteiger partial charge in [-0.15, -0.1) is 10.2 Å². The van der Waals surface area contributed by atoms with Gasteiger partial charge in [-0.1, -0.05) is 27.3 Å². The highest BCUT2D eigenvalue weighted by molar-refractivity contribution is 9.10. The van der Waals surface area contributed by atoms with E-state index in [1.165, 1.54) is 24.3 Å². The lowest BCUT2D eigenvalue weighted by molar-refractivity contribution is -0.138. The van der Waals surface area contributed by atoms with Crippen LogP contribution >= 0.6 is 27.3 Å². The molecule has 0 saturated heterocycles. The molecule has 2 rings (SSSR count). The Morgan fingerprint density at radius 3 is 2.25 bits per heavy atom. The summed E-state index contributed by atoms with van der Waals surface area (Å²) in [5.41, 5.74) is 0.